The van der Waals surface area contributed by atoms with E-state index in [0.29, 0.717) is 11.7 Å². The zero-order chi connectivity index (χ0) is 10.8. The highest BCUT2D eigenvalue weighted by Gasteiger charge is 2.18. The summed E-state index contributed by atoms with van der Waals surface area (Å²) in [6, 6.07) is 7.28. The van der Waals surface area contributed by atoms with Gasteiger partial charge in [-0.05, 0) is 36.4 Å². The molecule has 2 rings (SSSR count). The molecule has 0 spiro atoms. The number of anilines is 1. The Hall–Kier alpha value is -2.10. The highest BCUT2D eigenvalue weighted by atomic mass is 16.5. The summed E-state index contributed by atoms with van der Waals surface area (Å²) in [4.78, 5) is 1.56. The van der Waals surface area contributed by atoms with Crippen LogP contribution in [0.1, 0.15) is 0 Å². The number of nitrogens with zero attached hydrogens (tertiary/aromatic N) is 1. The van der Waals surface area contributed by atoms with Gasteiger partial charge in [-0.1, -0.05) is 0 Å². The topological polar surface area (TPSA) is 60.2 Å². The Morgan fingerprint density at radius 1 is 1.00 bits per heavy atom. The molecule has 4 heteroatoms. The fourth-order valence-electron chi connectivity index (χ4n) is 1.45. The quantitative estimate of drug-likeness (QED) is 0.769. The van der Waals surface area contributed by atoms with E-state index in [1.807, 2.05) is 24.3 Å². The van der Waals surface area contributed by atoms with Crippen LogP contribution in [0.15, 0.2) is 36.4 Å². The highest BCUT2D eigenvalue weighted by molar-refractivity contribution is 6.30. The van der Waals surface area contributed by atoms with Gasteiger partial charge in [-0.2, -0.15) is 0 Å². The summed E-state index contributed by atoms with van der Waals surface area (Å²) in [7, 11) is 1.61. The minimum absolute atomic E-state index is 0.310. The molecule has 1 aromatic rings. The van der Waals surface area contributed by atoms with Gasteiger partial charge < -0.3 is 4.74 Å². The zero-order valence-corrected chi connectivity index (χ0v) is 8.32. The predicted octanol–water partition coefficient (Wildman–Crippen LogP) is 2.03. The molecule has 1 aliphatic rings. The maximum atomic E-state index is 7.64. The number of amidine groups is 2. The van der Waals surface area contributed by atoms with Crippen molar-refractivity contribution in [3.05, 3.63) is 36.4 Å². The number of nitrogens with one attached hydrogen (secondary N) is 2. The van der Waals surface area contributed by atoms with Gasteiger partial charge in [-0.25, -0.2) is 0 Å². The second-order valence-electron chi connectivity index (χ2n) is 3.14. The van der Waals surface area contributed by atoms with Gasteiger partial charge in [-0.15, -0.1) is 0 Å². The molecule has 4 nitrogen and oxygen atoms in total. The van der Waals surface area contributed by atoms with E-state index in [1.165, 1.54) is 0 Å². The van der Waals surface area contributed by atoms with Gasteiger partial charge in [0, 0.05) is 5.69 Å². The van der Waals surface area contributed by atoms with Crippen molar-refractivity contribution in [2.75, 3.05) is 12.0 Å². The Bertz CT molecular complexity index is 416. The first-order valence-electron chi connectivity index (χ1n) is 4.52. The molecule has 0 aromatic heterocycles. The average Bonchev–Trinajstić information content (AvgIpc) is 2.59. The molecule has 0 aliphatic carbocycles. The summed E-state index contributed by atoms with van der Waals surface area (Å²) < 4.78 is 5.04. The Morgan fingerprint density at radius 2 is 1.53 bits per heavy atom. The normalized spacial score (nSPS) is 14.9. The highest BCUT2D eigenvalue weighted by Crippen LogP contribution is 2.22. The van der Waals surface area contributed by atoms with Gasteiger partial charge >= 0.3 is 0 Å². The molecule has 0 saturated carbocycles. The largest absolute Gasteiger partial charge is 0.497 e. The van der Waals surface area contributed by atoms with Crippen molar-refractivity contribution in [2.45, 2.75) is 0 Å². The van der Waals surface area contributed by atoms with Gasteiger partial charge in [0.25, 0.3) is 0 Å². The Balaban J connectivity index is 2.30. The van der Waals surface area contributed by atoms with Crippen LogP contribution >= 0.6 is 0 Å². The monoisotopic (exact) mass is 201 g/mol. The van der Waals surface area contributed by atoms with Crippen LogP contribution < -0.4 is 9.64 Å². The lowest BCUT2D eigenvalue weighted by Crippen LogP contribution is -2.28. The summed E-state index contributed by atoms with van der Waals surface area (Å²) in [6.45, 7) is 0. The third kappa shape index (κ3) is 1.61. The summed E-state index contributed by atoms with van der Waals surface area (Å²) in [5, 5.41) is 15.3. The number of benzene rings is 1. The molecule has 0 bridgehead atoms. The van der Waals surface area contributed by atoms with Crippen LogP contribution in [-0.4, -0.2) is 18.8 Å². The molecule has 1 heterocycles. The molecule has 0 unspecified atom stereocenters. The lowest BCUT2D eigenvalue weighted by molar-refractivity contribution is 0.415. The fraction of sp³-hybridized carbons (Fsp3) is 0.0909. The van der Waals surface area contributed by atoms with Crippen molar-refractivity contribution in [2.24, 2.45) is 0 Å². The first-order chi connectivity index (χ1) is 7.22. The van der Waals surface area contributed by atoms with Gasteiger partial charge in [0.2, 0.25) is 0 Å². The van der Waals surface area contributed by atoms with Crippen molar-refractivity contribution in [1.29, 1.82) is 10.8 Å². The fourth-order valence-corrected chi connectivity index (χ4v) is 1.45. The lowest BCUT2D eigenvalue weighted by atomic mass is 10.2. The number of methoxy groups -OCH3 is 1. The van der Waals surface area contributed by atoms with Crippen LogP contribution in [0.4, 0.5) is 5.69 Å². The van der Waals surface area contributed by atoms with E-state index < -0.39 is 0 Å². The summed E-state index contributed by atoms with van der Waals surface area (Å²) in [6.07, 6.45) is 3.21. The van der Waals surface area contributed by atoms with Gasteiger partial charge in [0.05, 0.1) is 7.11 Å². The molecule has 0 radical (unpaired) electrons. The molecule has 0 atom stereocenters. The van der Waals surface area contributed by atoms with E-state index in [9.17, 15) is 0 Å². The van der Waals surface area contributed by atoms with Gasteiger partial charge in [0.1, 0.15) is 17.4 Å². The SMILES string of the molecule is COc1ccc(N2C(=N)C=CC2=N)cc1. The first kappa shape index (κ1) is 9.45. The predicted molar refractivity (Wildman–Crippen MR) is 60.1 cm³/mol. The number of ether oxygens (including phenoxy) is 1. The van der Waals surface area contributed by atoms with Crippen molar-refractivity contribution in [3.63, 3.8) is 0 Å². The van der Waals surface area contributed by atoms with Crippen LogP contribution in [0.2, 0.25) is 0 Å². The van der Waals surface area contributed by atoms with Crippen LogP contribution in [0.3, 0.4) is 0 Å². The van der Waals surface area contributed by atoms with E-state index in [2.05, 4.69) is 0 Å². The molecule has 2 N–H and O–H groups in total. The van der Waals surface area contributed by atoms with Crippen molar-refractivity contribution in [3.8, 4) is 5.75 Å². The smallest absolute Gasteiger partial charge is 0.131 e. The van der Waals surface area contributed by atoms with E-state index in [0.717, 1.165) is 11.4 Å². The Labute approximate surface area is 87.8 Å². The first-order valence-corrected chi connectivity index (χ1v) is 4.52. The summed E-state index contributed by atoms with van der Waals surface area (Å²) in [5.41, 5.74) is 0.802. The third-order valence-electron chi connectivity index (χ3n) is 2.21. The maximum Gasteiger partial charge on any atom is 0.131 e. The van der Waals surface area contributed by atoms with Crippen molar-refractivity contribution in [1.82, 2.24) is 0 Å². The maximum absolute atomic E-state index is 7.64. The molecule has 0 saturated heterocycles. The number of rotatable bonds is 2. The summed E-state index contributed by atoms with van der Waals surface area (Å²) >= 11 is 0. The van der Waals surface area contributed by atoms with Crippen LogP contribution in [0.5, 0.6) is 5.75 Å². The average molecular weight is 201 g/mol. The van der Waals surface area contributed by atoms with Crippen molar-refractivity contribution >= 4 is 17.4 Å². The molecule has 0 fully saturated rings. The van der Waals surface area contributed by atoms with Crippen LogP contribution in [-0.2, 0) is 0 Å². The summed E-state index contributed by atoms with van der Waals surface area (Å²) in [5.74, 6) is 1.39. The zero-order valence-electron chi connectivity index (χ0n) is 8.32. The second-order valence-corrected chi connectivity index (χ2v) is 3.14. The molecule has 1 aromatic carbocycles. The molecule has 76 valence electrons. The van der Waals surface area contributed by atoms with Crippen molar-refractivity contribution < 1.29 is 4.74 Å². The standard InChI is InChI=1S/C11H11N3O/c1-15-9-4-2-8(3-5-9)14-10(12)6-7-11(14)13/h2-7,12-13H,1H3. The second kappa shape index (κ2) is 3.57. The van der Waals surface area contributed by atoms with Gasteiger partial charge in [-0.3, -0.25) is 15.7 Å². The van der Waals surface area contributed by atoms with Crippen LogP contribution in [0, 0.1) is 10.8 Å². The minimum atomic E-state index is 0.310. The van der Waals surface area contributed by atoms with E-state index in [4.69, 9.17) is 15.6 Å². The molecule has 15 heavy (non-hydrogen) atoms. The van der Waals surface area contributed by atoms with Gasteiger partial charge in [0.15, 0.2) is 0 Å². The lowest BCUT2D eigenvalue weighted by Gasteiger charge is -2.17. The van der Waals surface area contributed by atoms with E-state index in [1.54, 1.807) is 24.2 Å². The third-order valence-corrected chi connectivity index (χ3v) is 2.21. The van der Waals surface area contributed by atoms with E-state index >= 15 is 0 Å². The Morgan fingerprint density at radius 3 is 2.00 bits per heavy atom. The number of hydrogen-bond donors (Lipinski definition) is 2. The molecule has 1 aliphatic heterocycles. The van der Waals surface area contributed by atoms with Crippen LogP contribution in [0.25, 0.3) is 0 Å². The minimum Gasteiger partial charge on any atom is -0.497 e. The molecule has 0 amide bonds. The number of hydrogen-bond acceptors (Lipinski definition) is 3. The molecular formula is C11H11N3O. The van der Waals surface area contributed by atoms with E-state index in [-0.39, 0.29) is 0 Å². The molecular weight excluding hydrogens is 190 g/mol. The Kier molecular flexibility index (Phi) is 2.25.